The third kappa shape index (κ3) is 2.89. The van der Waals surface area contributed by atoms with Crippen LogP contribution in [0.15, 0.2) is 24.3 Å². The van der Waals surface area contributed by atoms with Crippen LogP contribution in [0.4, 0.5) is 0 Å². The summed E-state index contributed by atoms with van der Waals surface area (Å²) in [5.74, 6) is -0.0971. The fourth-order valence-corrected chi connectivity index (χ4v) is 2.00. The first kappa shape index (κ1) is 13.3. The van der Waals surface area contributed by atoms with Crippen LogP contribution < -0.4 is 0 Å². The highest BCUT2D eigenvalue weighted by molar-refractivity contribution is 7.84. The Morgan fingerprint density at radius 1 is 1.44 bits per heavy atom. The number of aryl methyl sites for hydroxylation is 1. The summed E-state index contributed by atoms with van der Waals surface area (Å²) >= 11 is 4.33. The standard InChI is InChI=1S/C12H17BO2S/c1-3-8-12(16,13-15)11(14)10-6-4-9(2)5-7-10/h4-7,13,15-16H,3,8H2,1-2H3/t12-/m0/s1. The minimum atomic E-state index is -0.940. The van der Waals surface area contributed by atoms with Crippen LogP contribution in [-0.2, 0) is 0 Å². The SMILES string of the molecule is CCC[C@@](S)(BO)C(=O)c1ccc(C)cc1. The lowest BCUT2D eigenvalue weighted by Crippen LogP contribution is -2.39. The Morgan fingerprint density at radius 3 is 2.44 bits per heavy atom. The predicted molar refractivity (Wildman–Crippen MR) is 71.5 cm³/mol. The van der Waals surface area contributed by atoms with Crippen LogP contribution in [0.2, 0.25) is 0 Å². The van der Waals surface area contributed by atoms with Crippen molar-refractivity contribution in [2.45, 2.75) is 31.3 Å². The van der Waals surface area contributed by atoms with Crippen LogP contribution in [0, 0.1) is 6.92 Å². The molecule has 1 atom stereocenters. The van der Waals surface area contributed by atoms with E-state index in [0.29, 0.717) is 12.0 Å². The maximum atomic E-state index is 12.2. The van der Waals surface area contributed by atoms with Crippen LogP contribution in [0.5, 0.6) is 0 Å². The maximum absolute atomic E-state index is 12.2. The highest BCUT2D eigenvalue weighted by atomic mass is 32.1. The first-order valence-corrected chi connectivity index (χ1v) is 5.93. The van der Waals surface area contributed by atoms with E-state index in [1.807, 2.05) is 26.0 Å². The smallest absolute Gasteiger partial charge is 0.295 e. The molecule has 0 saturated carbocycles. The summed E-state index contributed by atoms with van der Waals surface area (Å²) in [4.78, 5) is 12.2. The van der Waals surface area contributed by atoms with Crippen molar-refractivity contribution in [3.05, 3.63) is 35.4 Å². The number of Topliss-reactive ketones (excluding diaryl/α,β-unsaturated/α-hetero) is 1. The topological polar surface area (TPSA) is 37.3 Å². The van der Waals surface area contributed by atoms with Gasteiger partial charge >= 0.3 is 0 Å². The number of ketones is 1. The molecule has 86 valence electrons. The van der Waals surface area contributed by atoms with E-state index in [9.17, 15) is 9.82 Å². The van der Waals surface area contributed by atoms with Gasteiger partial charge in [-0.15, -0.1) is 0 Å². The molecule has 4 heteroatoms. The molecule has 0 unspecified atom stereocenters. The zero-order valence-electron chi connectivity index (χ0n) is 9.73. The van der Waals surface area contributed by atoms with E-state index in [-0.39, 0.29) is 13.3 Å². The van der Waals surface area contributed by atoms with Gasteiger partial charge in [-0.05, 0) is 13.3 Å². The summed E-state index contributed by atoms with van der Waals surface area (Å²) < 4.78 is -0.940. The molecule has 0 amide bonds. The molecule has 0 aliphatic carbocycles. The molecule has 1 aromatic rings. The molecule has 0 heterocycles. The fraction of sp³-hybridized carbons (Fsp3) is 0.417. The Hall–Kier alpha value is -0.735. The van der Waals surface area contributed by atoms with E-state index in [2.05, 4.69) is 12.6 Å². The van der Waals surface area contributed by atoms with Crippen molar-refractivity contribution in [2.75, 3.05) is 0 Å². The first-order valence-electron chi connectivity index (χ1n) is 5.48. The van der Waals surface area contributed by atoms with Crippen LogP contribution in [0.25, 0.3) is 0 Å². The second kappa shape index (κ2) is 5.55. The number of hydrogen-bond donors (Lipinski definition) is 2. The van der Waals surface area contributed by atoms with Crippen LogP contribution in [0.3, 0.4) is 0 Å². The highest BCUT2D eigenvalue weighted by Crippen LogP contribution is 2.24. The average molecular weight is 236 g/mol. The molecular weight excluding hydrogens is 219 g/mol. The van der Waals surface area contributed by atoms with E-state index in [4.69, 9.17) is 0 Å². The maximum Gasteiger partial charge on any atom is 0.295 e. The summed E-state index contributed by atoms with van der Waals surface area (Å²) in [5, 5.41) is 9.31. The molecular formula is C12H17BO2S. The van der Waals surface area contributed by atoms with Gasteiger partial charge in [-0.2, -0.15) is 12.6 Å². The van der Waals surface area contributed by atoms with Gasteiger partial charge in [0.2, 0.25) is 0 Å². The average Bonchev–Trinajstić information content (AvgIpc) is 2.29. The molecule has 0 aliphatic rings. The van der Waals surface area contributed by atoms with Crippen molar-refractivity contribution in [1.82, 2.24) is 0 Å². The van der Waals surface area contributed by atoms with Gasteiger partial charge in [0.15, 0.2) is 5.78 Å². The Balaban J connectivity index is 2.95. The van der Waals surface area contributed by atoms with Crippen molar-refractivity contribution in [1.29, 1.82) is 0 Å². The molecule has 0 bridgehead atoms. The molecule has 0 spiro atoms. The van der Waals surface area contributed by atoms with Gasteiger partial charge in [0.05, 0.1) is 4.65 Å². The molecule has 0 radical (unpaired) electrons. The van der Waals surface area contributed by atoms with Crippen molar-refractivity contribution >= 4 is 25.9 Å². The van der Waals surface area contributed by atoms with E-state index >= 15 is 0 Å². The molecule has 1 N–H and O–H groups in total. The zero-order valence-corrected chi connectivity index (χ0v) is 10.6. The number of benzene rings is 1. The lowest BCUT2D eigenvalue weighted by Gasteiger charge is -2.23. The van der Waals surface area contributed by atoms with Crippen molar-refractivity contribution < 1.29 is 9.82 Å². The largest absolute Gasteiger partial charge is 0.452 e. The summed E-state index contributed by atoms with van der Waals surface area (Å²) in [5.41, 5.74) is 1.73. The number of carbonyl (C=O) groups is 1. The van der Waals surface area contributed by atoms with Gasteiger partial charge in [-0.1, -0.05) is 43.2 Å². The van der Waals surface area contributed by atoms with Gasteiger partial charge < -0.3 is 5.02 Å². The third-order valence-electron chi connectivity index (χ3n) is 2.66. The molecule has 2 nitrogen and oxygen atoms in total. The second-order valence-corrected chi connectivity index (χ2v) is 4.99. The molecule has 0 fully saturated rings. The van der Waals surface area contributed by atoms with Crippen LogP contribution in [-0.4, -0.2) is 22.9 Å². The fourth-order valence-electron chi connectivity index (χ4n) is 1.65. The molecule has 0 aromatic heterocycles. The normalized spacial score (nSPS) is 14.2. The molecule has 1 aromatic carbocycles. The Morgan fingerprint density at radius 2 is 2.00 bits per heavy atom. The summed E-state index contributed by atoms with van der Waals surface area (Å²) in [6, 6.07) is 7.36. The highest BCUT2D eigenvalue weighted by Gasteiger charge is 2.34. The van der Waals surface area contributed by atoms with Crippen LogP contribution in [0.1, 0.15) is 35.7 Å². The monoisotopic (exact) mass is 236 g/mol. The minimum absolute atomic E-state index is 0.0971. The number of rotatable bonds is 5. The van der Waals surface area contributed by atoms with Gasteiger partial charge in [0.25, 0.3) is 7.48 Å². The minimum Gasteiger partial charge on any atom is -0.452 e. The second-order valence-electron chi connectivity index (χ2n) is 4.13. The lowest BCUT2D eigenvalue weighted by molar-refractivity contribution is 0.0967. The van der Waals surface area contributed by atoms with Gasteiger partial charge in [0, 0.05) is 5.56 Å². The molecule has 0 aliphatic heterocycles. The Bertz CT molecular complexity index is 364. The van der Waals surface area contributed by atoms with E-state index in [0.717, 1.165) is 12.0 Å². The van der Waals surface area contributed by atoms with E-state index < -0.39 is 4.65 Å². The number of carbonyl (C=O) groups excluding carboxylic acids is 1. The lowest BCUT2D eigenvalue weighted by atomic mass is 9.71. The molecule has 16 heavy (non-hydrogen) atoms. The van der Waals surface area contributed by atoms with Crippen molar-refractivity contribution in [3.8, 4) is 0 Å². The Kier molecular flexibility index (Phi) is 4.62. The molecule has 1 rings (SSSR count). The van der Waals surface area contributed by atoms with Gasteiger partial charge in [-0.25, -0.2) is 0 Å². The Labute approximate surface area is 103 Å². The van der Waals surface area contributed by atoms with Crippen molar-refractivity contribution in [3.63, 3.8) is 0 Å². The van der Waals surface area contributed by atoms with E-state index in [1.165, 1.54) is 0 Å². The zero-order chi connectivity index (χ0) is 12.2. The van der Waals surface area contributed by atoms with Crippen LogP contribution >= 0.6 is 12.6 Å². The van der Waals surface area contributed by atoms with Gasteiger partial charge in [-0.3, -0.25) is 4.79 Å². The summed E-state index contributed by atoms with van der Waals surface area (Å²) in [6.07, 6.45) is 1.40. The van der Waals surface area contributed by atoms with Gasteiger partial charge in [0.1, 0.15) is 0 Å². The summed E-state index contributed by atoms with van der Waals surface area (Å²) in [7, 11) is -0.226. The third-order valence-corrected chi connectivity index (χ3v) is 3.23. The number of thiol groups is 1. The van der Waals surface area contributed by atoms with E-state index in [1.54, 1.807) is 12.1 Å². The first-order chi connectivity index (χ1) is 7.53. The number of hydrogen-bond acceptors (Lipinski definition) is 3. The van der Waals surface area contributed by atoms with Crippen molar-refractivity contribution in [2.24, 2.45) is 0 Å². The predicted octanol–water partition coefficient (Wildman–Crippen LogP) is 1.95. The summed E-state index contributed by atoms with van der Waals surface area (Å²) in [6.45, 7) is 3.95. The molecule has 0 saturated heterocycles. The quantitative estimate of drug-likeness (QED) is 0.465.